The Morgan fingerprint density at radius 2 is 1.91 bits per heavy atom. The Morgan fingerprint density at radius 3 is 2.56 bits per heavy atom. The molecule has 2 saturated carbocycles. The predicted octanol–water partition coefficient (Wildman–Crippen LogP) is 5.14. The number of rotatable bonds is 2. The van der Waals surface area contributed by atoms with Crippen molar-refractivity contribution in [3.8, 4) is 0 Å². The first-order chi connectivity index (χ1) is 15.8. The molecule has 0 spiro atoms. The van der Waals surface area contributed by atoms with E-state index in [2.05, 4.69) is 40.7 Å². The van der Waals surface area contributed by atoms with Crippen molar-refractivity contribution < 1.29 is 28.6 Å². The Balaban J connectivity index is 1.69. The van der Waals surface area contributed by atoms with E-state index < -0.39 is 29.1 Å². The summed E-state index contributed by atoms with van der Waals surface area (Å²) >= 11 is 0. The third-order valence-electron chi connectivity index (χ3n) is 10.0. The molecule has 4 aliphatic rings. The van der Waals surface area contributed by atoms with Crippen LogP contribution in [0.3, 0.4) is 0 Å². The molecule has 0 amide bonds. The number of fused-ring (bicyclic) bond motifs is 5. The monoisotopic (exact) mass is 468 g/mol. The van der Waals surface area contributed by atoms with Crippen molar-refractivity contribution in [1.82, 2.24) is 0 Å². The number of aliphatic hydroxyl groups excluding tert-OH is 1. The van der Waals surface area contributed by atoms with Crippen LogP contribution in [0.4, 0.5) is 0 Å². The number of carbonyl (C=O) groups excluding carboxylic acids is 2. The van der Waals surface area contributed by atoms with Crippen molar-refractivity contribution in [2.45, 2.75) is 79.1 Å². The van der Waals surface area contributed by atoms with Gasteiger partial charge in [-0.15, -0.1) is 0 Å². The summed E-state index contributed by atoms with van der Waals surface area (Å²) in [6, 6.07) is 1.86. The van der Waals surface area contributed by atoms with E-state index in [0.29, 0.717) is 6.42 Å². The number of hydrogen-bond donors (Lipinski definition) is 1. The van der Waals surface area contributed by atoms with Gasteiger partial charge in [-0.05, 0) is 53.6 Å². The van der Waals surface area contributed by atoms with Crippen molar-refractivity contribution in [2.75, 3.05) is 0 Å². The molecule has 0 saturated heterocycles. The maximum absolute atomic E-state index is 12.9. The minimum absolute atomic E-state index is 0.118. The van der Waals surface area contributed by atoms with Crippen LogP contribution in [0.2, 0.25) is 0 Å². The highest BCUT2D eigenvalue weighted by Gasteiger charge is 2.68. The Morgan fingerprint density at radius 1 is 1.18 bits per heavy atom. The fourth-order valence-electron chi connectivity index (χ4n) is 8.30. The summed E-state index contributed by atoms with van der Waals surface area (Å²) in [5.74, 6) is -0.450. The topological polar surface area (TPSA) is 86.0 Å². The zero-order valence-electron chi connectivity index (χ0n) is 21.0. The van der Waals surface area contributed by atoms with Gasteiger partial charge in [-0.3, -0.25) is 4.79 Å². The summed E-state index contributed by atoms with van der Waals surface area (Å²) in [5, 5.41) is 10.8. The molecule has 5 rings (SSSR count). The Kier molecular flexibility index (Phi) is 5.05. The van der Waals surface area contributed by atoms with Gasteiger partial charge in [-0.2, -0.15) is 0 Å². The van der Waals surface area contributed by atoms with Crippen molar-refractivity contribution in [3.05, 3.63) is 48.0 Å². The molecule has 1 N–H and O–H groups in total. The van der Waals surface area contributed by atoms with E-state index in [9.17, 15) is 14.7 Å². The normalized spacial score (nSPS) is 44.7. The van der Waals surface area contributed by atoms with Gasteiger partial charge in [0.1, 0.15) is 12.2 Å². The number of furan rings is 1. The number of ether oxygens (including phenoxy) is 2. The fourth-order valence-corrected chi connectivity index (χ4v) is 8.30. The van der Waals surface area contributed by atoms with Crippen molar-refractivity contribution >= 4 is 11.9 Å². The largest absolute Gasteiger partial charge is 0.472 e. The van der Waals surface area contributed by atoms with Crippen molar-refractivity contribution in [3.63, 3.8) is 0 Å². The van der Waals surface area contributed by atoms with E-state index in [1.165, 1.54) is 6.92 Å². The fraction of sp³-hybridized carbons (Fsp3) is 0.643. The standard InChI is InChI=1S/C28H36O6/c1-16(29)33-22-13-19-25(2,3)21(30)8-11-26(19,4)18-7-10-27(5)20(28(18,22)6)14-23(31)34-24(27)17-9-12-32-15-17/h8-9,11-12,14-15,18-19,21-22,24,30H,7,10,13H2,1-6H3/t18-,19-,21-,22?,24+,26-,27-,28-/m1/s1. The Bertz CT molecular complexity index is 1070. The molecule has 1 aliphatic heterocycles. The Hall–Kier alpha value is -2.34. The molecule has 3 aliphatic carbocycles. The lowest BCUT2D eigenvalue weighted by Crippen LogP contribution is -2.65. The molecule has 6 heteroatoms. The van der Waals surface area contributed by atoms with Gasteiger partial charge < -0.3 is 19.0 Å². The minimum Gasteiger partial charge on any atom is -0.472 e. The predicted molar refractivity (Wildman–Crippen MR) is 125 cm³/mol. The summed E-state index contributed by atoms with van der Waals surface area (Å²) in [5.41, 5.74) is 0.245. The molecular weight excluding hydrogens is 432 g/mol. The second kappa shape index (κ2) is 7.33. The molecule has 0 aromatic carbocycles. The van der Waals surface area contributed by atoms with E-state index in [1.807, 2.05) is 12.1 Å². The van der Waals surface area contributed by atoms with Gasteiger partial charge in [-0.25, -0.2) is 4.79 Å². The first-order valence-corrected chi connectivity index (χ1v) is 12.3. The van der Waals surface area contributed by atoms with Crippen LogP contribution in [-0.2, 0) is 19.1 Å². The van der Waals surface area contributed by atoms with Crippen LogP contribution in [0.15, 0.2) is 46.8 Å². The molecule has 34 heavy (non-hydrogen) atoms. The lowest BCUT2D eigenvalue weighted by molar-refractivity contribution is -0.201. The molecule has 184 valence electrons. The first-order valence-electron chi connectivity index (χ1n) is 12.3. The van der Waals surface area contributed by atoms with Gasteiger partial charge in [-0.1, -0.05) is 46.8 Å². The number of hydrogen-bond acceptors (Lipinski definition) is 6. The molecule has 2 fully saturated rings. The number of allylic oxidation sites excluding steroid dienone is 1. The smallest absolute Gasteiger partial charge is 0.331 e. The molecule has 6 nitrogen and oxygen atoms in total. The van der Waals surface area contributed by atoms with Crippen molar-refractivity contribution in [1.29, 1.82) is 0 Å². The minimum atomic E-state index is -0.561. The highest BCUT2D eigenvalue weighted by molar-refractivity contribution is 5.85. The highest BCUT2D eigenvalue weighted by atomic mass is 16.6. The molecule has 1 aromatic rings. The van der Waals surface area contributed by atoms with Crippen LogP contribution >= 0.6 is 0 Å². The third-order valence-corrected chi connectivity index (χ3v) is 10.0. The third kappa shape index (κ3) is 2.96. The lowest BCUT2D eigenvalue weighted by Gasteiger charge is -2.68. The second-order valence-electron chi connectivity index (χ2n) is 12.1. The summed E-state index contributed by atoms with van der Waals surface area (Å²) in [6.07, 6.45) is 9.95. The average molecular weight is 469 g/mol. The van der Waals surface area contributed by atoms with Crippen LogP contribution < -0.4 is 0 Å². The average Bonchev–Trinajstić information content (AvgIpc) is 3.28. The van der Waals surface area contributed by atoms with E-state index in [0.717, 1.165) is 24.0 Å². The molecule has 8 atom stereocenters. The second-order valence-corrected chi connectivity index (χ2v) is 12.1. The lowest BCUT2D eigenvalue weighted by atomic mass is 9.38. The van der Waals surface area contributed by atoms with Crippen LogP contribution in [0.5, 0.6) is 0 Å². The number of cyclic esters (lactones) is 1. The van der Waals surface area contributed by atoms with Gasteiger partial charge in [0, 0.05) is 29.4 Å². The van der Waals surface area contributed by atoms with Crippen LogP contribution in [0, 0.1) is 33.5 Å². The number of aliphatic hydroxyl groups is 1. The van der Waals surface area contributed by atoms with Crippen LogP contribution in [0.25, 0.3) is 0 Å². The summed E-state index contributed by atoms with van der Waals surface area (Å²) in [6.45, 7) is 12.3. The Labute approximate surface area is 201 Å². The molecule has 0 radical (unpaired) electrons. The summed E-state index contributed by atoms with van der Waals surface area (Å²) in [7, 11) is 0. The zero-order valence-corrected chi connectivity index (χ0v) is 21.0. The molecule has 1 aromatic heterocycles. The summed E-state index contributed by atoms with van der Waals surface area (Å²) in [4.78, 5) is 25.3. The van der Waals surface area contributed by atoms with Gasteiger partial charge >= 0.3 is 11.9 Å². The van der Waals surface area contributed by atoms with Gasteiger partial charge in [0.25, 0.3) is 0 Å². The molecule has 2 heterocycles. The van der Waals surface area contributed by atoms with E-state index in [-0.39, 0.29) is 34.6 Å². The molecular formula is C28H36O6. The van der Waals surface area contributed by atoms with Crippen molar-refractivity contribution in [2.24, 2.45) is 33.5 Å². The quantitative estimate of drug-likeness (QED) is 0.478. The van der Waals surface area contributed by atoms with Gasteiger partial charge in [0.2, 0.25) is 0 Å². The number of carbonyl (C=O) groups is 2. The first kappa shape index (κ1) is 23.4. The van der Waals surface area contributed by atoms with Crippen LogP contribution in [-0.4, -0.2) is 29.3 Å². The highest BCUT2D eigenvalue weighted by Crippen LogP contribution is 2.72. The number of esters is 2. The van der Waals surface area contributed by atoms with Crippen LogP contribution in [0.1, 0.15) is 72.5 Å². The van der Waals surface area contributed by atoms with Gasteiger partial charge in [0.05, 0.1) is 18.6 Å². The maximum atomic E-state index is 12.9. The molecule has 0 bridgehead atoms. The molecule has 1 unspecified atom stereocenters. The van der Waals surface area contributed by atoms with E-state index >= 15 is 0 Å². The van der Waals surface area contributed by atoms with E-state index in [4.69, 9.17) is 13.9 Å². The maximum Gasteiger partial charge on any atom is 0.331 e. The summed E-state index contributed by atoms with van der Waals surface area (Å²) < 4.78 is 17.3. The van der Waals surface area contributed by atoms with Gasteiger partial charge in [0.15, 0.2) is 0 Å². The zero-order chi connectivity index (χ0) is 24.7. The van der Waals surface area contributed by atoms with E-state index in [1.54, 1.807) is 18.6 Å². The SMILES string of the molecule is CC(=O)OC1C[C@@H]2C(C)(C)[C@H](O)C=C[C@]2(C)[C@H]2CC[C@]3(C)C(=CC(=O)O[C@H]3c3ccoc3)[C@]12C.